The van der Waals surface area contributed by atoms with Gasteiger partial charge in [-0.2, -0.15) is 5.10 Å². The van der Waals surface area contributed by atoms with E-state index in [9.17, 15) is 13.2 Å². The van der Waals surface area contributed by atoms with E-state index >= 15 is 0 Å². The summed E-state index contributed by atoms with van der Waals surface area (Å²) in [6, 6.07) is 1.63. The molecule has 1 aliphatic heterocycles. The summed E-state index contributed by atoms with van der Waals surface area (Å²) in [7, 11) is -3.02. The molecule has 7 nitrogen and oxygen atoms in total. The zero-order valence-corrected chi connectivity index (χ0v) is 14.2. The summed E-state index contributed by atoms with van der Waals surface area (Å²) >= 11 is 0. The number of nitrogens with one attached hydrogen (secondary N) is 1. The van der Waals surface area contributed by atoms with Gasteiger partial charge in [0.15, 0.2) is 15.5 Å². The molecule has 1 saturated heterocycles. The molecule has 3 rings (SSSR count). The highest BCUT2D eigenvalue weighted by molar-refractivity contribution is 7.91. The maximum atomic E-state index is 12.4. The van der Waals surface area contributed by atoms with Crippen LogP contribution in [-0.4, -0.2) is 46.6 Å². The number of amides is 1. The molecule has 8 heteroatoms. The molecule has 2 aromatic rings. The van der Waals surface area contributed by atoms with Crippen LogP contribution in [0.25, 0.3) is 11.0 Å². The molecule has 124 valence electrons. The quantitative estimate of drug-likeness (QED) is 0.910. The molecule has 0 bridgehead atoms. The van der Waals surface area contributed by atoms with E-state index in [1.54, 1.807) is 19.2 Å². The van der Waals surface area contributed by atoms with Crippen molar-refractivity contribution >= 4 is 26.8 Å². The number of rotatable bonds is 3. The van der Waals surface area contributed by atoms with Crippen LogP contribution in [0.4, 0.5) is 0 Å². The smallest absolute Gasteiger partial charge is 0.253 e. The molecule has 1 amide bonds. The zero-order valence-electron chi connectivity index (χ0n) is 13.4. The fourth-order valence-electron chi connectivity index (χ4n) is 2.85. The third-order valence-corrected chi connectivity index (χ3v) is 5.83. The van der Waals surface area contributed by atoms with Gasteiger partial charge >= 0.3 is 0 Å². The summed E-state index contributed by atoms with van der Waals surface area (Å²) in [4.78, 5) is 16.9. The van der Waals surface area contributed by atoms with Gasteiger partial charge in [-0.05, 0) is 33.3 Å². The third kappa shape index (κ3) is 3.08. The van der Waals surface area contributed by atoms with Crippen LogP contribution in [0.1, 0.15) is 42.4 Å². The summed E-state index contributed by atoms with van der Waals surface area (Å²) in [6.45, 7) is 5.81. The third-order valence-electron chi connectivity index (χ3n) is 4.06. The molecule has 1 N–H and O–H groups in total. The minimum absolute atomic E-state index is 0.0126. The van der Waals surface area contributed by atoms with Crippen LogP contribution in [0.5, 0.6) is 0 Å². The molecular weight excluding hydrogens is 316 g/mol. The molecule has 0 radical (unpaired) electrons. The molecule has 1 atom stereocenters. The number of aromatic nitrogens is 3. The number of hydrogen-bond donors (Lipinski definition) is 1. The first kappa shape index (κ1) is 15.9. The second-order valence-corrected chi connectivity index (χ2v) is 8.52. The number of aryl methyl sites for hydroxylation is 1. The summed E-state index contributed by atoms with van der Waals surface area (Å²) in [5.41, 5.74) is 1.82. The maximum absolute atomic E-state index is 12.4. The van der Waals surface area contributed by atoms with Gasteiger partial charge in [-0.15, -0.1) is 0 Å². The highest BCUT2D eigenvalue weighted by Gasteiger charge is 2.29. The van der Waals surface area contributed by atoms with Crippen LogP contribution in [0.15, 0.2) is 12.3 Å². The Bertz CT molecular complexity index is 870. The topological polar surface area (TPSA) is 93.9 Å². The Labute approximate surface area is 135 Å². The summed E-state index contributed by atoms with van der Waals surface area (Å²) in [5.74, 6) is -0.134. The van der Waals surface area contributed by atoms with E-state index in [2.05, 4.69) is 15.4 Å². The fraction of sp³-hybridized carbons (Fsp3) is 0.533. The lowest BCUT2D eigenvalue weighted by Gasteiger charge is -2.13. The van der Waals surface area contributed by atoms with Gasteiger partial charge < -0.3 is 5.32 Å². The number of carbonyl (C=O) groups is 1. The standard InChI is InChI=1S/C15H20N4O3S/c1-9(2)19-14-11(7-16-19)6-13(10(3)17-14)15(20)18-12-4-5-23(21,22)8-12/h6-7,9,12H,4-5,8H2,1-3H3,(H,18,20)/t12-/m0/s1. The first-order valence-corrected chi connectivity index (χ1v) is 9.45. The van der Waals surface area contributed by atoms with Crippen LogP contribution in [0.3, 0.4) is 0 Å². The SMILES string of the molecule is Cc1nc2c(cnn2C(C)C)cc1C(=O)N[C@H]1CCS(=O)(=O)C1. The van der Waals surface area contributed by atoms with Crippen molar-refractivity contribution in [3.63, 3.8) is 0 Å². The van der Waals surface area contributed by atoms with Gasteiger partial charge in [-0.25, -0.2) is 18.1 Å². The van der Waals surface area contributed by atoms with E-state index in [4.69, 9.17) is 0 Å². The molecule has 2 aromatic heterocycles. The molecule has 23 heavy (non-hydrogen) atoms. The van der Waals surface area contributed by atoms with Gasteiger partial charge in [0.2, 0.25) is 0 Å². The van der Waals surface area contributed by atoms with E-state index in [1.807, 2.05) is 18.5 Å². The summed E-state index contributed by atoms with van der Waals surface area (Å²) in [5, 5.41) is 7.90. The minimum atomic E-state index is -3.02. The lowest BCUT2D eigenvalue weighted by molar-refractivity contribution is 0.0940. The van der Waals surface area contributed by atoms with Gasteiger partial charge in [-0.3, -0.25) is 4.79 Å². The Morgan fingerprint density at radius 1 is 1.43 bits per heavy atom. The predicted molar refractivity (Wildman–Crippen MR) is 87.2 cm³/mol. The number of sulfone groups is 1. The summed E-state index contributed by atoms with van der Waals surface area (Å²) in [6.07, 6.45) is 2.16. The molecule has 0 spiro atoms. The van der Waals surface area contributed by atoms with Gasteiger partial charge in [0.05, 0.1) is 29.0 Å². The number of pyridine rings is 1. The maximum Gasteiger partial charge on any atom is 0.253 e. The number of hydrogen-bond acceptors (Lipinski definition) is 5. The van der Waals surface area contributed by atoms with Gasteiger partial charge in [0.1, 0.15) is 0 Å². The first-order valence-electron chi connectivity index (χ1n) is 7.63. The van der Waals surface area contributed by atoms with Crippen molar-refractivity contribution in [2.75, 3.05) is 11.5 Å². The molecule has 1 fully saturated rings. The lowest BCUT2D eigenvalue weighted by atomic mass is 10.1. The highest BCUT2D eigenvalue weighted by Crippen LogP contribution is 2.20. The van der Waals surface area contributed by atoms with Crippen LogP contribution in [-0.2, 0) is 9.84 Å². The van der Waals surface area contributed by atoms with Crippen molar-refractivity contribution in [3.8, 4) is 0 Å². The minimum Gasteiger partial charge on any atom is -0.348 e. The number of carbonyl (C=O) groups excluding carboxylic acids is 1. The Kier molecular flexibility index (Phi) is 3.87. The molecule has 3 heterocycles. The average molecular weight is 336 g/mol. The largest absolute Gasteiger partial charge is 0.348 e. The first-order chi connectivity index (χ1) is 10.8. The Hall–Kier alpha value is -1.96. The summed E-state index contributed by atoms with van der Waals surface area (Å²) < 4.78 is 24.8. The highest BCUT2D eigenvalue weighted by atomic mass is 32.2. The van der Waals surface area contributed by atoms with Crippen molar-refractivity contribution in [2.24, 2.45) is 0 Å². The van der Waals surface area contributed by atoms with E-state index in [0.717, 1.165) is 11.0 Å². The second-order valence-electron chi connectivity index (χ2n) is 6.29. The molecular formula is C15H20N4O3S. The second kappa shape index (κ2) is 5.59. The zero-order chi connectivity index (χ0) is 16.8. The van der Waals surface area contributed by atoms with E-state index < -0.39 is 9.84 Å². The molecule has 0 saturated carbocycles. The van der Waals surface area contributed by atoms with Crippen molar-refractivity contribution < 1.29 is 13.2 Å². The van der Waals surface area contributed by atoms with E-state index in [0.29, 0.717) is 17.7 Å². The van der Waals surface area contributed by atoms with Crippen molar-refractivity contribution in [2.45, 2.75) is 39.3 Å². The van der Waals surface area contributed by atoms with Gasteiger partial charge in [0.25, 0.3) is 5.91 Å². The van der Waals surface area contributed by atoms with Gasteiger partial charge in [0, 0.05) is 17.5 Å². The van der Waals surface area contributed by atoms with Crippen LogP contribution >= 0.6 is 0 Å². The van der Waals surface area contributed by atoms with Crippen LogP contribution in [0, 0.1) is 6.92 Å². The fourth-order valence-corrected chi connectivity index (χ4v) is 4.52. The molecule has 0 aliphatic carbocycles. The Morgan fingerprint density at radius 3 is 2.78 bits per heavy atom. The predicted octanol–water partition coefficient (Wildman–Crippen LogP) is 1.24. The lowest BCUT2D eigenvalue weighted by Crippen LogP contribution is -2.36. The number of nitrogens with zero attached hydrogens (tertiary/aromatic N) is 3. The Morgan fingerprint density at radius 2 is 2.17 bits per heavy atom. The van der Waals surface area contributed by atoms with E-state index in [1.165, 1.54) is 0 Å². The Balaban J connectivity index is 1.88. The van der Waals surface area contributed by atoms with Crippen LogP contribution < -0.4 is 5.32 Å². The molecule has 1 aliphatic rings. The van der Waals surface area contributed by atoms with Crippen molar-refractivity contribution in [1.82, 2.24) is 20.1 Å². The van der Waals surface area contributed by atoms with Gasteiger partial charge in [-0.1, -0.05) is 0 Å². The average Bonchev–Trinajstić information content (AvgIpc) is 3.00. The molecule has 0 aromatic carbocycles. The normalized spacial score (nSPS) is 20.3. The van der Waals surface area contributed by atoms with Crippen LogP contribution in [0.2, 0.25) is 0 Å². The van der Waals surface area contributed by atoms with Crippen molar-refractivity contribution in [3.05, 3.63) is 23.5 Å². The van der Waals surface area contributed by atoms with E-state index in [-0.39, 0.29) is 29.5 Å². The van der Waals surface area contributed by atoms with Crippen molar-refractivity contribution in [1.29, 1.82) is 0 Å². The monoisotopic (exact) mass is 336 g/mol. The number of fused-ring (bicyclic) bond motifs is 1. The molecule has 0 unspecified atom stereocenters.